The molecule has 0 aliphatic carbocycles. The molecule has 80 valence electrons. The van der Waals surface area contributed by atoms with Crippen molar-refractivity contribution >= 4 is 0 Å². The number of hydrogen-bond acceptors (Lipinski definition) is 1. The molecule has 1 aromatic carbocycles. The molecule has 0 aromatic heterocycles. The SMILES string of the molecule is CCCCCCOC#Cc1ccccc1. The van der Waals surface area contributed by atoms with E-state index < -0.39 is 0 Å². The van der Waals surface area contributed by atoms with Gasteiger partial charge in [0.2, 0.25) is 0 Å². The van der Waals surface area contributed by atoms with Gasteiger partial charge in [0, 0.05) is 5.56 Å². The maximum absolute atomic E-state index is 5.22. The fourth-order valence-corrected chi connectivity index (χ4v) is 1.27. The quantitative estimate of drug-likeness (QED) is 0.523. The average Bonchev–Trinajstić information content (AvgIpc) is 2.29. The minimum atomic E-state index is 0.750. The summed E-state index contributed by atoms with van der Waals surface area (Å²) in [7, 11) is 0. The Labute approximate surface area is 92.5 Å². The summed E-state index contributed by atoms with van der Waals surface area (Å²) in [5.74, 6) is 2.96. The summed E-state index contributed by atoms with van der Waals surface area (Å²) in [6.45, 7) is 2.95. The molecule has 0 fully saturated rings. The van der Waals surface area contributed by atoms with E-state index in [-0.39, 0.29) is 0 Å². The summed E-state index contributed by atoms with van der Waals surface area (Å²) in [6, 6.07) is 9.90. The standard InChI is InChI=1S/C14H18O/c1-2-3-4-8-12-15-13-11-14-9-6-5-7-10-14/h5-7,9-10H,2-4,8,12H2,1H3. The monoisotopic (exact) mass is 202 g/mol. The van der Waals surface area contributed by atoms with E-state index in [1.54, 1.807) is 0 Å². The lowest BCUT2D eigenvalue weighted by Gasteiger charge is -1.96. The van der Waals surface area contributed by atoms with Crippen LogP contribution in [0.15, 0.2) is 30.3 Å². The molecule has 0 aliphatic heterocycles. The minimum Gasteiger partial charge on any atom is -0.446 e. The van der Waals surface area contributed by atoms with Crippen molar-refractivity contribution in [3.63, 3.8) is 0 Å². The third-order valence-electron chi connectivity index (χ3n) is 2.14. The van der Waals surface area contributed by atoms with Gasteiger partial charge in [0.05, 0.1) is 0 Å². The van der Waals surface area contributed by atoms with Crippen molar-refractivity contribution in [3.8, 4) is 12.0 Å². The molecule has 1 aromatic rings. The molecule has 0 amide bonds. The van der Waals surface area contributed by atoms with E-state index in [2.05, 4.69) is 19.0 Å². The third-order valence-corrected chi connectivity index (χ3v) is 2.14. The Hall–Kier alpha value is -1.42. The second-order valence-electron chi connectivity index (χ2n) is 3.50. The van der Waals surface area contributed by atoms with Gasteiger partial charge < -0.3 is 4.74 Å². The zero-order valence-electron chi connectivity index (χ0n) is 9.33. The zero-order chi connectivity index (χ0) is 10.8. The molecule has 0 saturated heterocycles. The Bertz CT molecular complexity index is 305. The molecular weight excluding hydrogens is 184 g/mol. The Morgan fingerprint density at radius 2 is 1.87 bits per heavy atom. The molecule has 1 heteroatoms. The van der Waals surface area contributed by atoms with E-state index in [9.17, 15) is 0 Å². The highest BCUT2D eigenvalue weighted by Crippen LogP contribution is 1.98. The van der Waals surface area contributed by atoms with Crippen molar-refractivity contribution in [1.29, 1.82) is 0 Å². The maximum atomic E-state index is 5.22. The first-order chi connectivity index (χ1) is 7.43. The highest BCUT2D eigenvalue weighted by molar-refractivity contribution is 5.32. The molecule has 1 rings (SSSR count). The van der Waals surface area contributed by atoms with Gasteiger partial charge in [-0.1, -0.05) is 44.4 Å². The molecular formula is C14H18O. The Morgan fingerprint density at radius 3 is 2.60 bits per heavy atom. The maximum Gasteiger partial charge on any atom is 0.115 e. The highest BCUT2D eigenvalue weighted by Gasteiger charge is 1.86. The van der Waals surface area contributed by atoms with E-state index in [1.807, 2.05) is 30.3 Å². The molecule has 0 heterocycles. The molecule has 1 nitrogen and oxygen atoms in total. The summed E-state index contributed by atoms with van der Waals surface area (Å²) >= 11 is 0. The predicted molar refractivity (Wildman–Crippen MR) is 63.4 cm³/mol. The molecule has 0 radical (unpaired) electrons. The van der Waals surface area contributed by atoms with Crippen LogP contribution in [0, 0.1) is 12.0 Å². The first-order valence-electron chi connectivity index (χ1n) is 5.61. The number of hydrogen-bond donors (Lipinski definition) is 0. The largest absolute Gasteiger partial charge is 0.446 e. The van der Waals surface area contributed by atoms with Crippen LogP contribution in [-0.4, -0.2) is 6.61 Å². The molecule has 0 unspecified atom stereocenters. The van der Waals surface area contributed by atoms with Crippen LogP contribution in [0.2, 0.25) is 0 Å². The summed E-state index contributed by atoms with van der Waals surface area (Å²) in [6.07, 6.45) is 7.62. The van der Waals surface area contributed by atoms with E-state index >= 15 is 0 Å². The molecule has 0 spiro atoms. The van der Waals surface area contributed by atoms with Gasteiger partial charge in [-0.25, -0.2) is 0 Å². The Morgan fingerprint density at radius 1 is 1.07 bits per heavy atom. The third kappa shape index (κ3) is 5.80. The van der Waals surface area contributed by atoms with Crippen molar-refractivity contribution in [2.75, 3.05) is 6.61 Å². The van der Waals surface area contributed by atoms with Crippen LogP contribution >= 0.6 is 0 Å². The molecule has 0 atom stereocenters. The van der Waals surface area contributed by atoms with Gasteiger partial charge in [-0.3, -0.25) is 0 Å². The Kier molecular flexibility index (Phi) is 6.17. The van der Waals surface area contributed by atoms with Crippen LogP contribution < -0.4 is 0 Å². The summed E-state index contributed by atoms with van der Waals surface area (Å²) in [4.78, 5) is 0. The van der Waals surface area contributed by atoms with Gasteiger partial charge in [-0.15, -0.1) is 0 Å². The summed E-state index contributed by atoms with van der Waals surface area (Å²) in [5.41, 5.74) is 1.01. The number of benzene rings is 1. The summed E-state index contributed by atoms with van der Waals surface area (Å²) in [5, 5.41) is 0. The van der Waals surface area contributed by atoms with Gasteiger partial charge >= 0.3 is 0 Å². The van der Waals surface area contributed by atoms with E-state index in [1.165, 1.54) is 19.3 Å². The fourth-order valence-electron chi connectivity index (χ4n) is 1.27. The molecule has 15 heavy (non-hydrogen) atoms. The molecule has 0 bridgehead atoms. The second-order valence-corrected chi connectivity index (χ2v) is 3.50. The lowest BCUT2D eigenvalue weighted by molar-refractivity contribution is 0.267. The number of unbranched alkanes of at least 4 members (excludes halogenated alkanes) is 3. The first kappa shape index (κ1) is 11.7. The van der Waals surface area contributed by atoms with Gasteiger partial charge in [-0.05, 0) is 24.5 Å². The van der Waals surface area contributed by atoms with Crippen LogP contribution in [0.25, 0.3) is 0 Å². The molecule has 0 saturated carbocycles. The topological polar surface area (TPSA) is 9.23 Å². The molecule has 0 aliphatic rings. The lowest BCUT2D eigenvalue weighted by atomic mass is 10.2. The van der Waals surface area contributed by atoms with Crippen LogP contribution in [-0.2, 0) is 4.74 Å². The minimum absolute atomic E-state index is 0.750. The highest BCUT2D eigenvalue weighted by atomic mass is 16.5. The van der Waals surface area contributed by atoms with Crippen molar-refractivity contribution in [2.24, 2.45) is 0 Å². The smallest absolute Gasteiger partial charge is 0.115 e. The van der Waals surface area contributed by atoms with Crippen LogP contribution in [0.1, 0.15) is 38.2 Å². The number of rotatable bonds is 5. The van der Waals surface area contributed by atoms with Crippen molar-refractivity contribution in [2.45, 2.75) is 32.6 Å². The van der Waals surface area contributed by atoms with E-state index in [0.717, 1.165) is 18.6 Å². The van der Waals surface area contributed by atoms with Crippen LogP contribution in [0.4, 0.5) is 0 Å². The van der Waals surface area contributed by atoms with E-state index in [0.29, 0.717) is 0 Å². The first-order valence-corrected chi connectivity index (χ1v) is 5.61. The van der Waals surface area contributed by atoms with Crippen LogP contribution in [0.3, 0.4) is 0 Å². The fraction of sp³-hybridized carbons (Fsp3) is 0.429. The summed E-state index contributed by atoms with van der Waals surface area (Å²) < 4.78 is 5.22. The second kappa shape index (κ2) is 7.94. The van der Waals surface area contributed by atoms with Crippen molar-refractivity contribution in [3.05, 3.63) is 35.9 Å². The van der Waals surface area contributed by atoms with Crippen LogP contribution in [0.5, 0.6) is 0 Å². The van der Waals surface area contributed by atoms with E-state index in [4.69, 9.17) is 4.74 Å². The van der Waals surface area contributed by atoms with Crippen molar-refractivity contribution in [1.82, 2.24) is 0 Å². The zero-order valence-corrected chi connectivity index (χ0v) is 9.33. The van der Waals surface area contributed by atoms with Gasteiger partial charge in [0.1, 0.15) is 12.7 Å². The lowest BCUT2D eigenvalue weighted by Crippen LogP contribution is -1.87. The Balaban J connectivity index is 2.12. The normalized spacial score (nSPS) is 9.13. The predicted octanol–water partition coefficient (Wildman–Crippen LogP) is 3.59. The average molecular weight is 202 g/mol. The molecule has 0 N–H and O–H groups in total. The van der Waals surface area contributed by atoms with Gasteiger partial charge in [0.15, 0.2) is 0 Å². The number of ether oxygens (including phenoxy) is 1. The van der Waals surface area contributed by atoms with Gasteiger partial charge in [0.25, 0.3) is 0 Å². The van der Waals surface area contributed by atoms with Gasteiger partial charge in [-0.2, -0.15) is 0 Å². The van der Waals surface area contributed by atoms with Crippen molar-refractivity contribution < 1.29 is 4.74 Å².